The van der Waals surface area contributed by atoms with E-state index in [1.807, 2.05) is 0 Å². The summed E-state index contributed by atoms with van der Waals surface area (Å²) in [6.45, 7) is 3.67. The van der Waals surface area contributed by atoms with Gasteiger partial charge >= 0.3 is 35.0 Å². The van der Waals surface area contributed by atoms with Crippen LogP contribution in [0.25, 0.3) is 0 Å². The molecular formula is C26H48MgO4. The molecule has 0 atom stereocenters. The molecule has 31 heavy (non-hydrogen) atoms. The largest absolute Gasteiger partial charge is 2.00 e. The van der Waals surface area contributed by atoms with Crippen molar-refractivity contribution in [3.63, 3.8) is 0 Å². The first kappa shape index (κ1) is 32.4. The van der Waals surface area contributed by atoms with Gasteiger partial charge in [0.15, 0.2) is 0 Å². The Kier molecular flexibility index (Phi) is 26.6. The van der Waals surface area contributed by atoms with Crippen LogP contribution in [0.15, 0.2) is 24.0 Å². The molecule has 0 bridgehead atoms. The smallest absolute Gasteiger partial charge is 1.00 e. The molecule has 178 valence electrons. The summed E-state index contributed by atoms with van der Waals surface area (Å²) in [5, 5.41) is 8.68. The third-order valence-electron chi connectivity index (χ3n) is 5.35. The van der Waals surface area contributed by atoms with Crippen molar-refractivity contribution in [1.29, 1.82) is 0 Å². The van der Waals surface area contributed by atoms with Crippen molar-refractivity contribution in [3.8, 4) is 0 Å². The van der Waals surface area contributed by atoms with Crippen LogP contribution >= 0.6 is 0 Å². The van der Waals surface area contributed by atoms with E-state index < -0.39 is 5.97 Å². The van der Waals surface area contributed by atoms with Crippen molar-refractivity contribution in [3.05, 3.63) is 24.0 Å². The first-order chi connectivity index (χ1) is 14.6. The zero-order valence-electron chi connectivity index (χ0n) is 22.3. The molecule has 0 aromatic heterocycles. The van der Waals surface area contributed by atoms with E-state index in [0.717, 1.165) is 25.5 Å². The van der Waals surface area contributed by atoms with E-state index >= 15 is 0 Å². The van der Waals surface area contributed by atoms with Gasteiger partial charge in [-0.1, -0.05) is 96.1 Å². The average Bonchev–Trinajstić information content (AvgIpc) is 2.73. The van der Waals surface area contributed by atoms with Gasteiger partial charge < -0.3 is 12.7 Å². The summed E-state index contributed by atoms with van der Waals surface area (Å²) in [6, 6.07) is 0. The van der Waals surface area contributed by atoms with E-state index in [1.165, 1.54) is 96.8 Å². The second-order valence-electron chi connectivity index (χ2n) is 8.34. The Labute approximate surface area is 210 Å². The molecule has 0 spiro atoms. The molecule has 0 saturated heterocycles. The standard InChI is InChI=1S/C26H46O4.Mg.2H/c1-3-4-5-6-7-8-9-10-11-12-13-14-15-16-17-18-19-20-21-22-25(27)30-23-24(2)26(28)29;;;/h10-11,23H,3-9,12-22H2,1-2H3,(H,28,29);;;/q;+2;2*-1/b11-10-,24-23?;;;. The van der Waals surface area contributed by atoms with Gasteiger partial charge in [-0.05, 0) is 39.0 Å². The topological polar surface area (TPSA) is 63.6 Å². The van der Waals surface area contributed by atoms with Crippen molar-refractivity contribution in [2.24, 2.45) is 0 Å². The second kappa shape index (κ2) is 25.4. The van der Waals surface area contributed by atoms with Crippen molar-refractivity contribution in [2.75, 3.05) is 0 Å². The molecule has 0 aliphatic rings. The number of hydrogen-bond acceptors (Lipinski definition) is 3. The van der Waals surface area contributed by atoms with Gasteiger partial charge in [-0.25, -0.2) is 4.79 Å². The average molecular weight is 449 g/mol. The summed E-state index contributed by atoms with van der Waals surface area (Å²) in [6.07, 6.45) is 27.6. The predicted octanol–water partition coefficient (Wildman–Crippen LogP) is 7.96. The molecule has 0 aromatic rings. The molecule has 0 amide bonds. The molecule has 5 heteroatoms. The molecule has 0 unspecified atom stereocenters. The summed E-state index contributed by atoms with van der Waals surface area (Å²) in [7, 11) is 0. The number of carbonyl (C=O) groups is 2. The molecule has 0 aliphatic carbocycles. The van der Waals surface area contributed by atoms with Crippen LogP contribution in [0.1, 0.15) is 132 Å². The number of esters is 1. The quantitative estimate of drug-likeness (QED) is 0.0483. The van der Waals surface area contributed by atoms with Crippen LogP contribution in [-0.4, -0.2) is 40.1 Å². The maximum absolute atomic E-state index is 11.5. The minimum absolute atomic E-state index is 0. The molecular weight excluding hydrogens is 401 g/mol. The Morgan fingerprint density at radius 3 is 1.61 bits per heavy atom. The first-order valence-corrected chi connectivity index (χ1v) is 12.3. The Morgan fingerprint density at radius 1 is 0.742 bits per heavy atom. The van der Waals surface area contributed by atoms with E-state index in [4.69, 9.17) is 9.84 Å². The summed E-state index contributed by atoms with van der Waals surface area (Å²) in [4.78, 5) is 22.1. The molecule has 0 aromatic carbocycles. The molecule has 4 nitrogen and oxygen atoms in total. The summed E-state index contributed by atoms with van der Waals surface area (Å²) >= 11 is 0. The van der Waals surface area contributed by atoms with Gasteiger partial charge in [0.05, 0.1) is 5.57 Å². The summed E-state index contributed by atoms with van der Waals surface area (Å²) in [5.74, 6) is -1.42. The van der Waals surface area contributed by atoms with E-state index in [0.29, 0.717) is 6.42 Å². The van der Waals surface area contributed by atoms with Crippen LogP contribution in [0, 0.1) is 0 Å². The van der Waals surface area contributed by atoms with Crippen LogP contribution in [0.3, 0.4) is 0 Å². The Balaban J connectivity index is -0.00000140. The number of allylic oxidation sites excluding steroid dienone is 2. The van der Waals surface area contributed by atoms with Gasteiger partial charge in [0.2, 0.25) is 0 Å². The van der Waals surface area contributed by atoms with Gasteiger partial charge in [-0.3, -0.25) is 4.79 Å². The minimum Gasteiger partial charge on any atom is -1.00 e. The van der Waals surface area contributed by atoms with Crippen LogP contribution in [0.2, 0.25) is 0 Å². The monoisotopic (exact) mass is 448 g/mol. The number of rotatable bonds is 21. The summed E-state index contributed by atoms with van der Waals surface area (Å²) < 4.78 is 4.82. The van der Waals surface area contributed by atoms with Gasteiger partial charge in [-0.2, -0.15) is 0 Å². The fourth-order valence-electron chi connectivity index (χ4n) is 3.31. The van der Waals surface area contributed by atoms with Crippen LogP contribution < -0.4 is 0 Å². The van der Waals surface area contributed by atoms with Gasteiger partial charge in [-0.15, -0.1) is 0 Å². The van der Waals surface area contributed by atoms with Crippen molar-refractivity contribution >= 4 is 35.0 Å². The fourth-order valence-corrected chi connectivity index (χ4v) is 3.31. The maximum Gasteiger partial charge on any atom is 2.00 e. The molecule has 0 rings (SSSR count). The Hall–Kier alpha value is -0.814. The number of hydrogen-bond donors (Lipinski definition) is 1. The SMILES string of the molecule is CCCCCCCC/C=C\CCCCCCCCCCCC(=O)OC=C(C)C(=O)O.[H-].[H-].[Mg+2]. The Morgan fingerprint density at radius 2 is 1.16 bits per heavy atom. The molecule has 1 N–H and O–H groups in total. The van der Waals surface area contributed by atoms with Crippen molar-refractivity contribution in [1.82, 2.24) is 0 Å². The maximum atomic E-state index is 11.5. The van der Waals surface area contributed by atoms with Crippen molar-refractivity contribution < 1.29 is 22.3 Å². The van der Waals surface area contributed by atoms with Crippen LogP contribution in [-0.2, 0) is 14.3 Å². The zero-order chi connectivity index (χ0) is 22.3. The molecule has 0 radical (unpaired) electrons. The fraction of sp³-hybridized carbons (Fsp3) is 0.769. The van der Waals surface area contributed by atoms with Gasteiger partial charge in [0, 0.05) is 6.42 Å². The number of unbranched alkanes of at least 4 members (excludes halogenated alkanes) is 15. The number of ether oxygens (including phenoxy) is 1. The number of carboxylic acids is 1. The second-order valence-corrected chi connectivity index (χ2v) is 8.34. The third-order valence-corrected chi connectivity index (χ3v) is 5.35. The normalized spacial score (nSPS) is 11.5. The zero-order valence-corrected chi connectivity index (χ0v) is 21.8. The number of carboxylic acid groups (broad SMARTS) is 1. The van der Waals surface area contributed by atoms with E-state index in [-0.39, 0.29) is 37.4 Å². The van der Waals surface area contributed by atoms with Crippen molar-refractivity contribution in [2.45, 2.75) is 129 Å². The first-order valence-electron chi connectivity index (χ1n) is 12.3. The third kappa shape index (κ3) is 25.3. The predicted molar refractivity (Wildman–Crippen MR) is 133 cm³/mol. The molecule has 0 heterocycles. The molecule has 0 saturated carbocycles. The van der Waals surface area contributed by atoms with E-state index in [1.54, 1.807) is 0 Å². The minimum atomic E-state index is -1.07. The van der Waals surface area contributed by atoms with E-state index in [9.17, 15) is 9.59 Å². The van der Waals surface area contributed by atoms with Crippen LogP contribution in [0.4, 0.5) is 0 Å². The number of aliphatic carboxylic acids is 1. The van der Waals surface area contributed by atoms with Crippen LogP contribution in [0.5, 0.6) is 0 Å². The molecule has 0 fully saturated rings. The Bertz CT molecular complexity index is 497. The molecule has 0 aliphatic heterocycles. The summed E-state index contributed by atoms with van der Waals surface area (Å²) in [5.41, 5.74) is 0.0348. The van der Waals surface area contributed by atoms with Gasteiger partial charge in [0.25, 0.3) is 0 Å². The van der Waals surface area contributed by atoms with Gasteiger partial charge in [0.1, 0.15) is 6.26 Å². The van der Waals surface area contributed by atoms with E-state index in [2.05, 4.69) is 19.1 Å². The number of carbonyl (C=O) groups excluding carboxylic acids is 1.